The number of nitrogens with two attached hydrogens (primary N) is 1. The number of nitrogens with zero attached hydrogens (tertiary/aromatic N) is 1. The van der Waals surface area contributed by atoms with Gasteiger partial charge in [0, 0.05) is 16.6 Å². The predicted octanol–water partition coefficient (Wildman–Crippen LogP) is 4.09. The van der Waals surface area contributed by atoms with Crippen LogP contribution in [0.25, 0.3) is 0 Å². The van der Waals surface area contributed by atoms with Crippen LogP contribution in [0.3, 0.4) is 0 Å². The first kappa shape index (κ1) is 14.6. The molecule has 0 aromatic heterocycles. The summed E-state index contributed by atoms with van der Waals surface area (Å²) in [7, 11) is 0. The maximum atomic E-state index is 12.7. The van der Waals surface area contributed by atoms with E-state index in [4.69, 9.17) is 5.73 Å². The fourth-order valence-electron chi connectivity index (χ4n) is 2.07. The third kappa shape index (κ3) is 3.20. The Morgan fingerprint density at radius 3 is 2.60 bits per heavy atom. The number of carbonyl (C=O) groups excluding carboxylic acids is 1. The average Bonchev–Trinajstić information content (AvgIpc) is 2.45. The SMILES string of the molecule is CCCN(C(=O)c1cccc(Br)c1)c1ccccc1N. The zero-order valence-electron chi connectivity index (χ0n) is 11.3. The van der Waals surface area contributed by atoms with Crippen LogP contribution in [0.1, 0.15) is 23.7 Å². The molecule has 0 atom stereocenters. The summed E-state index contributed by atoms with van der Waals surface area (Å²) in [5, 5.41) is 0. The monoisotopic (exact) mass is 332 g/mol. The average molecular weight is 333 g/mol. The van der Waals surface area contributed by atoms with E-state index in [-0.39, 0.29) is 5.91 Å². The van der Waals surface area contributed by atoms with Crippen molar-refractivity contribution in [3.05, 3.63) is 58.6 Å². The molecule has 0 unspecified atom stereocenters. The Balaban J connectivity index is 2.39. The van der Waals surface area contributed by atoms with Crippen LogP contribution < -0.4 is 10.6 Å². The van der Waals surface area contributed by atoms with E-state index >= 15 is 0 Å². The van der Waals surface area contributed by atoms with Crippen molar-refractivity contribution in [2.75, 3.05) is 17.2 Å². The lowest BCUT2D eigenvalue weighted by molar-refractivity contribution is 0.0987. The van der Waals surface area contributed by atoms with Gasteiger partial charge >= 0.3 is 0 Å². The molecule has 3 nitrogen and oxygen atoms in total. The number of rotatable bonds is 4. The van der Waals surface area contributed by atoms with Crippen molar-refractivity contribution in [3.63, 3.8) is 0 Å². The molecule has 20 heavy (non-hydrogen) atoms. The second-order valence-corrected chi connectivity index (χ2v) is 5.44. The molecule has 0 aliphatic rings. The Bertz CT molecular complexity index is 613. The number of carbonyl (C=O) groups is 1. The molecule has 2 aromatic carbocycles. The van der Waals surface area contributed by atoms with Crippen molar-refractivity contribution in [1.29, 1.82) is 0 Å². The van der Waals surface area contributed by atoms with Gasteiger partial charge in [-0.2, -0.15) is 0 Å². The fraction of sp³-hybridized carbons (Fsp3) is 0.188. The summed E-state index contributed by atoms with van der Waals surface area (Å²) in [6.07, 6.45) is 0.869. The van der Waals surface area contributed by atoms with E-state index in [1.54, 1.807) is 4.90 Å². The maximum absolute atomic E-state index is 12.7. The number of halogens is 1. The molecule has 0 heterocycles. The summed E-state index contributed by atoms with van der Waals surface area (Å²) < 4.78 is 0.890. The summed E-state index contributed by atoms with van der Waals surface area (Å²) in [4.78, 5) is 14.4. The van der Waals surface area contributed by atoms with Crippen LogP contribution in [0.4, 0.5) is 11.4 Å². The first-order valence-corrected chi connectivity index (χ1v) is 7.34. The van der Waals surface area contributed by atoms with Crippen LogP contribution in [0, 0.1) is 0 Å². The van der Waals surface area contributed by atoms with Crippen molar-refractivity contribution in [1.82, 2.24) is 0 Å². The molecule has 0 saturated carbocycles. The second-order valence-electron chi connectivity index (χ2n) is 4.53. The van der Waals surface area contributed by atoms with Gasteiger partial charge in [0.25, 0.3) is 5.91 Å². The Labute approximate surface area is 127 Å². The molecular weight excluding hydrogens is 316 g/mol. The van der Waals surface area contributed by atoms with Gasteiger partial charge < -0.3 is 10.6 Å². The van der Waals surface area contributed by atoms with Gasteiger partial charge in [0.05, 0.1) is 11.4 Å². The normalized spacial score (nSPS) is 10.3. The minimum atomic E-state index is -0.0361. The number of amides is 1. The Morgan fingerprint density at radius 1 is 1.20 bits per heavy atom. The zero-order chi connectivity index (χ0) is 14.5. The largest absolute Gasteiger partial charge is 0.397 e. The van der Waals surface area contributed by atoms with Crippen molar-refractivity contribution in [2.24, 2.45) is 0 Å². The standard InChI is InChI=1S/C16H17BrN2O/c1-2-10-19(15-9-4-3-8-14(15)18)16(20)12-6-5-7-13(17)11-12/h3-9,11H,2,10,18H2,1H3. The molecule has 0 saturated heterocycles. The molecule has 1 amide bonds. The third-order valence-corrected chi connectivity index (χ3v) is 3.48. The first-order valence-electron chi connectivity index (χ1n) is 6.55. The molecule has 2 rings (SSSR count). The molecule has 0 fully saturated rings. The first-order chi connectivity index (χ1) is 9.63. The second kappa shape index (κ2) is 6.57. The highest BCUT2D eigenvalue weighted by Crippen LogP contribution is 2.25. The molecule has 4 heteroatoms. The maximum Gasteiger partial charge on any atom is 0.258 e. The highest BCUT2D eigenvalue weighted by Gasteiger charge is 2.18. The van der Waals surface area contributed by atoms with Gasteiger partial charge in [0.15, 0.2) is 0 Å². The molecule has 0 spiro atoms. The van der Waals surface area contributed by atoms with Gasteiger partial charge in [-0.25, -0.2) is 0 Å². The van der Waals surface area contributed by atoms with Crippen molar-refractivity contribution < 1.29 is 4.79 Å². The summed E-state index contributed by atoms with van der Waals surface area (Å²) in [5.41, 5.74) is 8.02. The van der Waals surface area contributed by atoms with Gasteiger partial charge in [0.1, 0.15) is 0 Å². The van der Waals surface area contributed by atoms with Gasteiger partial charge in [0.2, 0.25) is 0 Å². The highest BCUT2D eigenvalue weighted by molar-refractivity contribution is 9.10. The lowest BCUT2D eigenvalue weighted by Gasteiger charge is -2.24. The van der Waals surface area contributed by atoms with Crippen LogP contribution in [0.2, 0.25) is 0 Å². The van der Waals surface area contributed by atoms with Crippen LogP contribution in [-0.4, -0.2) is 12.5 Å². The number of nitrogen functional groups attached to an aromatic ring is 1. The summed E-state index contributed by atoms with van der Waals surface area (Å²) in [5.74, 6) is -0.0361. The van der Waals surface area contributed by atoms with Crippen molar-refractivity contribution in [3.8, 4) is 0 Å². The van der Waals surface area contributed by atoms with Gasteiger partial charge in [-0.3, -0.25) is 4.79 Å². The smallest absolute Gasteiger partial charge is 0.258 e. The highest BCUT2D eigenvalue weighted by atomic mass is 79.9. The van der Waals surface area contributed by atoms with Crippen molar-refractivity contribution >= 4 is 33.2 Å². The van der Waals surface area contributed by atoms with E-state index < -0.39 is 0 Å². The molecule has 0 bridgehead atoms. The Kier molecular flexibility index (Phi) is 4.79. The van der Waals surface area contributed by atoms with Crippen LogP contribution in [0.15, 0.2) is 53.0 Å². The minimum Gasteiger partial charge on any atom is -0.397 e. The van der Waals surface area contributed by atoms with E-state index in [9.17, 15) is 4.79 Å². The predicted molar refractivity (Wildman–Crippen MR) is 87.0 cm³/mol. The van der Waals surface area contributed by atoms with E-state index in [1.165, 1.54) is 0 Å². The quantitative estimate of drug-likeness (QED) is 0.857. The topological polar surface area (TPSA) is 46.3 Å². The van der Waals surface area contributed by atoms with Crippen LogP contribution >= 0.6 is 15.9 Å². The molecular formula is C16H17BrN2O. The van der Waals surface area contributed by atoms with Gasteiger partial charge in [-0.1, -0.05) is 41.1 Å². The van der Waals surface area contributed by atoms with E-state index in [0.717, 1.165) is 16.6 Å². The van der Waals surface area contributed by atoms with Crippen LogP contribution in [-0.2, 0) is 0 Å². The van der Waals surface area contributed by atoms with E-state index in [2.05, 4.69) is 15.9 Å². The number of benzene rings is 2. The molecule has 2 aromatic rings. The molecule has 0 radical (unpaired) electrons. The van der Waals surface area contributed by atoms with Gasteiger partial charge in [-0.15, -0.1) is 0 Å². The number of para-hydroxylation sites is 2. The lowest BCUT2D eigenvalue weighted by atomic mass is 10.1. The van der Waals surface area contributed by atoms with E-state index in [0.29, 0.717) is 17.8 Å². The Morgan fingerprint density at radius 2 is 1.95 bits per heavy atom. The lowest BCUT2D eigenvalue weighted by Crippen LogP contribution is -2.32. The number of hydrogen-bond donors (Lipinski definition) is 1. The summed E-state index contributed by atoms with van der Waals surface area (Å²) in [6.45, 7) is 2.68. The Hall–Kier alpha value is -1.81. The molecule has 2 N–H and O–H groups in total. The zero-order valence-corrected chi connectivity index (χ0v) is 12.9. The summed E-state index contributed by atoms with van der Waals surface area (Å²) in [6, 6.07) is 14.8. The van der Waals surface area contributed by atoms with Crippen molar-refractivity contribution in [2.45, 2.75) is 13.3 Å². The molecule has 0 aliphatic carbocycles. The van der Waals surface area contributed by atoms with Crippen LogP contribution in [0.5, 0.6) is 0 Å². The molecule has 0 aliphatic heterocycles. The minimum absolute atomic E-state index is 0.0361. The van der Waals surface area contributed by atoms with Gasteiger partial charge in [-0.05, 0) is 36.8 Å². The van der Waals surface area contributed by atoms with E-state index in [1.807, 2.05) is 55.5 Å². The number of hydrogen-bond acceptors (Lipinski definition) is 2. The molecule has 104 valence electrons. The fourth-order valence-corrected chi connectivity index (χ4v) is 2.46. The summed E-state index contributed by atoms with van der Waals surface area (Å²) >= 11 is 3.39. The third-order valence-electron chi connectivity index (χ3n) is 2.99. The number of anilines is 2.